The monoisotopic (exact) mass is 266 g/mol. The van der Waals surface area contributed by atoms with Crippen molar-refractivity contribution in [2.24, 2.45) is 5.92 Å². The lowest BCUT2D eigenvalue weighted by Crippen LogP contribution is -2.65. The maximum absolute atomic E-state index is 12.4. The molecule has 3 unspecified atom stereocenters. The molecule has 1 N–H and O–H groups in total. The number of nitrogens with one attached hydrogen (secondary N) is 1. The second-order valence-corrected chi connectivity index (χ2v) is 6.04. The van der Waals surface area contributed by atoms with Crippen LogP contribution in [0.4, 0.5) is 0 Å². The summed E-state index contributed by atoms with van der Waals surface area (Å²) in [5, 5.41) is 2.79. The van der Waals surface area contributed by atoms with Crippen LogP contribution in [0.1, 0.15) is 59.3 Å². The molecule has 19 heavy (non-hydrogen) atoms. The highest BCUT2D eigenvalue weighted by Gasteiger charge is 2.41. The largest absolute Gasteiger partial charge is 0.343 e. The predicted octanol–water partition coefficient (Wildman–Crippen LogP) is 2.08. The Morgan fingerprint density at radius 3 is 2.47 bits per heavy atom. The van der Waals surface area contributed by atoms with Crippen molar-refractivity contribution in [2.45, 2.75) is 77.4 Å². The Morgan fingerprint density at radius 1 is 1.26 bits per heavy atom. The molecule has 2 fully saturated rings. The van der Waals surface area contributed by atoms with Gasteiger partial charge in [-0.2, -0.15) is 0 Å². The molecule has 1 aliphatic heterocycles. The van der Waals surface area contributed by atoms with Crippen LogP contribution in [0.3, 0.4) is 0 Å². The molecule has 2 amide bonds. The molecular formula is C15H26N2O2. The summed E-state index contributed by atoms with van der Waals surface area (Å²) in [5.41, 5.74) is 0. The molecule has 3 atom stereocenters. The van der Waals surface area contributed by atoms with Crippen LogP contribution < -0.4 is 5.32 Å². The fraction of sp³-hybridized carbons (Fsp3) is 0.867. The van der Waals surface area contributed by atoms with E-state index in [1.165, 1.54) is 32.1 Å². The third-order valence-corrected chi connectivity index (χ3v) is 4.78. The second-order valence-electron chi connectivity index (χ2n) is 6.04. The lowest BCUT2D eigenvalue weighted by Gasteiger charge is -2.44. The summed E-state index contributed by atoms with van der Waals surface area (Å²) >= 11 is 0. The van der Waals surface area contributed by atoms with Crippen molar-refractivity contribution in [1.29, 1.82) is 0 Å². The Morgan fingerprint density at radius 2 is 1.89 bits per heavy atom. The molecule has 4 nitrogen and oxygen atoms in total. The number of amides is 2. The Balaban J connectivity index is 2.16. The minimum absolute atomic E-state index is 0.0114. The van der Waals surface area contributed by atoms with Gasteiger partial charge in [-0.1, -0.05) is 26.2 Å². The molecule has 1 aliphatic carbocycles. The first kappa shape index (κ1) is 14.4. The van der Waals surface area contributed by atoms with Crippen molar-refractivity contribution in [3.8, 4) is 0 Å². The minimum Gasteiger partial charge on any atom is -0.343 e. The van der Waals surface area contributed by atoms with Gasteiger partial charge < -0.3 is 10.2 Å². The second kappa shape index (κ2) is 5.93. The number of hydrogen-bond donors (Lipinski definition) is 1. The average molecular weight is 266 g/mol. The van der Waals surface area contributed by atoms with Crippen LogP contribution in [0, 0.1) is 5.92 Å². The van der Waals surface area contributed by atoms with Gasteiger partial charge >= 0.3 is 0 Å². The van der Waals surface area contributed by atoms with Crippen molar-refractivity contribution >= 4 is 11.8 Å². The zero-order valence-electron chi connectivity index (χ0n) is 12.3. The molecule has 2 rings (SSSR count). The van der Waals surface area contributed by atoms with Gasteiger partial charge in [-0.15, -0.1) is 0 Å². The first-order valence-electron chi connectivity index (χ1n) is 7.68. The van der Waals surface area contributed by atoms with Gasteiger partial charge in [-0.05, 0) is 39.0 Å². The van der Waals surface area contributed by atoms with E-state index < -0.39 is 0 Å². The van der Waals surface area contributed by atoms with Gasteiger partial charge in [0.1, 0.15) is 12.1 Å². The van der Waals surface area contributed by atoms with Crippen LogP contribution in [0.5, 0.6) is 0 Å². The summed E-state index contributed by atoms with van der Waals surface area (Å²) in [6.07, 6.45) is 6.91. The van der Waals surface area contributed by atoms with E-state index in [2.05, 4.69) is 12.2 Å². The Bertz CT molecular complexity index is 350. The lowest BCUT2D eigenvalue weighted by molar-refractivity contribution is -0.153. The van der Waals surface area contributed by atoms with E-state index in [0.717, 1.165) is 0 Å². The molecule has 0 aromatic rings. The van der Waals surface area contributed by atoms with Crippen molar-refractivity contribution < 1.29 is 9.59 Å². The zero-order chi connectivity index (χ0) is 14.0. The molecule has 0 spiro atoms. The molecule has 0 radical (unpaired) electrons. The minimum atomic E-state index is -0.374. The predicted molar refractivity (Wildman–Crippen MR) is 74.6 cm³/mol. The fourth-order valence-electron chi connectivity index (χ4n) is 3.59. The maximum atomic E-state index is 12.4. The summed E-state index contributed by atoms with van der Waals surface area (Å²) in [7, 11) is 0. The van der Waals surface area contributed by atoms with Crippen LogP contribution in [0.15, 0.2) is 0 Å². The maximum Gasteiger partial charge on any atom is 0.245 e. The van der Waals surface area contributed by atoms with Crippen molar-refractivity contribution in [1.82, 2.24) is 10.2 Å². The average Bonchev–Trinajstić information content (AvgIpc) is 2.42. The fourth-order valence-corrected chi connectivity index (χ4v) is 3.59. The van der Waals surface area contributed by atoms with Gasteiger partial charge in [0.15, 0.2) is 0 Å². The van der Waals surface area contributed by atoms with E-state index in [1.807, 2.05) is 11.8 Å². The standard InChI is InChI=1S/C15H26N2O2/c1-4-13-14(18)16-10(2)15(19)17(13)11(3)12-8-6-5-7-9-12/h10-13H,4-9H2,1-3H3,(H,16,18). The van der Waals surface area contributed by atoms with E-state index in [1.54, 1.807) is 6.92 Å². The van der Waals surface area contributed by atoms with Gasteiger partial charge in [-0.3, -0.25) is 9.59 Å². The number of carbonyl (C=O) groups is 2. The molecule has 0 aromatic heterocycles. The topological polar surface area (TPSA) is 49.4 Å². The van der Waals surface area contributed by atoms with Crippen LogP contribution in [-0.2, 0) is 9.59 Å². The third kappa shape index (κ3) is 2.77. The quantitative estimate of drug-likeness (QED) is 0.850. The highest BCUT2D eigenvalue weighted by atomic mass is 16.2. The van der Waals surface area contributed by atoms with Gasteiger partial charge in [0.25, 0.3) is 0 Å². The van der Waals surface area contributed by atoms with Crippen molar-refractivity contribution in [3.05, 3.63) is 0 Å². The van der Waals surface area contributed by atoms with Gasteiger partial charge in [0.05, 0.1) is 0 Å². The Kier molecular flexibility index (Phi) is 4.48. The number of piperazine rings is 1. The summed E-state index contributed by atoms with van der Waals surface area (Å²) in [6, 6.07) is -0.465. The van der Waals surface area contributed by atoms with E-state index in [9.17, 15) is 9.59 Å². The molecule has 4 heteroatoms. The molecule has 1 saturated carbocycles. The Hall–Kier alpha value is -1.06. The third-order valence-electron chi connectivity index (χ3n) is 4.78. The SMILES string of the molecule is CCC1C(=O)NC(C)C(=O)N1C(C)C1CCCCC1. The summed E-state index contributed by atoms with van der Waals surface area (Å²) < 4.78 is 0. The van der Waals surface area contributed by atoms with Crippen molar-refractivity contribution in [2.75, 3.05) is 0 Å². The lowest BCUT2D eigenvalue weighted by atomic mass is 9.83. The number of hydrogen-bond acceptors (Lipinski definition) is 2. The van der Waals surface area contributed by atoms with E-state index in [-0.39, 0.29) is 29.9 Å². The van der Waals surface area contributed by atoms with Gasteiger partial charge in [0, 0.05) is 6.04 Å². The van der Waals surface area contributed by atoms with Gasteiger partial charge in [-0.25, -0.2) is 0 Å². The molecule has 1 heterocycles. The zero-order valence-corrected chi connectivity index (χ0v) is 12.3. The number of nitrogens with zero attached hydrogens (tertiary/aromatic N) is 1. The van der Waals surface area contributed by atoms with E-state index in [0.29, 0.717) is 12.3 Å². The summed E-state index contributed by atoms with van der Waals surface area (Å²) in [5.74, 6) is 0.659. The number of rotatable bonds is 3. The number of carbonyl (C=O) groups excluding carboxylic acids is 2. The first-order valence-corrected chi connectivity index (χ1v) is 7.68. The molecule has 0 aromatic carbocycles. The normalized spacial score (nSPS) is 31.2. The first-order chi connectivity index (χ1) is 9.06. The van der Waals surface area contributed by atoms with Crippen LogP contribution in [0.25, 0.3) is 0 Å². The van der Waals surface area contributed by atoms with Crippen molar-refractivity contribution in [3.63, 3.8) is 0 Å². The van der Waals surface area contributed by atoms with Crippen LogP contribution in [-0.4, -0.2) is 34.8 Å². The molecule has 0 bridgehead atoms. The van der Waals surface area contributed by atoms with E-state index in [4.69, 9.17) is 0 Å². The molecule has 2 aliphatic rings. The smallest absolute Gasteiger partial charge is 0.245 e. The van der Waals surface area contributed by atoms with E-state index >= 15 is 0 Å². The molecular weight excluding hydrogens is 240 g/mol. The summed E-state index contributed by atoms with van der Waals surface area (Å²) in [6.45, 7) is 5.89. The van der Waals surface area contributed by atoms with Gasteiger partial charge in [0.2, 0.25) is 11.8 Å². The summed E-state index contributed by atoms with van der Waals surface area (Å²) in [4.78, 5) is 26.4. The Labute approximate surface area is 115 Å². The highest BCUT2D eigenvalue weighted by Crippen LogP contribution is 2.31. The molecule has 1 saturated heterocycles. The molecule has 108 valence electrons. The van der Waals surface area contributed by atoms with Crippen LogP contribution >= 0.6 is 0 Å². The van der Waals surface area contributed by atoms with Crippen LogP contribution in [0.2, 0.25) is 0 Å². The highest BCUT2D eigenvalue weighted by molar-refractivity contribution is 5.96.